The number of nitrogens with one attached hydrogen (secondary N) is 1. The van der Waals surface area contributed by atoms with Crippen molar-refractivity contribution in [2.24, 2.45) is 0 Å². The third-order valence-corrected chi connectivity index (χ3v) is 4.32. The van der Waals surface area contributed by atoms with Gasteiger partial charge in [0, 0.05) is 11.6 Å². The van der Waals surface area contributed by atoms with Crippen LogP contribution in [0.3, 0.4) is 0 Å². The zero-order chi connectivity index (χ0) is 13.7. The summed E-state index contributed by atoms with van der Waals surface area (Å²) in [6, 6.07) is 5.20. The van der Waals surface area contributed by atoms with Gasteiger partial charge in [0.05, 0.1) is 4.47 Å². The maximum atomic E-state index is 12.1. The molecule has 2 rings (SSSR count). The molecular formula is C15H20BrNO2. The maximum absolute atomic E-state index is 12.1. The molecule has 1 aromatic carbocycles. The van der Waals surface area contributed by atoms with Gasteiger partial charge in [0.15, 0.2) is 0 Å². The molecule has 0 saturated heterocycles. The van der Waals surface area contributed by atoms with Crippen LogP contribution in [0.25, 0.3) is 0 Å². The normalized spacial score (nSPS) is 17.5. The van der Waals surface area contributed by atoms with Crippen molar-refractivity contribution >= 4 is 21.8 Å². The molecule has 1 aliphatic carbocycles. The lowest BCUT2D eigenvalue weighted by molar-refractivity contribution is 0.0930. The summed E-state index contributed by atoms with van der Waals surface area (Å²) in [5, 5.41) is 12.7. The molecule has 0 aliphatic heterocycles. The monoisotopic (exact) mass is 325 g/mol. The van der Waals surface area contributed by atoms with Gasteiger partial charge in [-0.2, -0.15) is 0 Å². The van der Waals surface area contributed by atoms with Gasteiger partial charge in [0.25, 0.3) is 5.91 Å². The van der Waals surface area contributed by atoms with Crippen LogP contribution >= 0.6 is 15.9 Å². The van der Waals surface area contributed by atoms with E-state index in [0.717, 1.165) is 12.8 Å². The summed E-state index contributed by atoms with van der Waals surface area (Å²) in [7, 11) is 0. The Bertz CT molecular complexity index is 440. The Kier molecular flexibility index (Phi) is 5.25. The van der Waals surface area contributed by atoms with Crippen LogP contribution < -0.4 is 5.32 Å². The molecule has 0 aromatic heterocycles. The predicted octanol–water partition coefficient (Wildman–Crippen LogP) is 4.00. The molecular weight excluding hydrogens is 306 g/mol. The molecule has 2 N–H and O–H groups in total. The fourth-order valence-electron chi connectivity index (χ4n) is 2.52. The lowest BCUT2D eigenvalue weighted by Crippen LogP contribution is -2.35. The second kappa shape index (κ2) is 6.94. The van der Waals surface area contributed by atoms with Crippen molar-refractivity contribution in [2.75, 3.05) is 0 Å². The summed E-state index contributed by atoms with van der Waals surface area (Å²) < 4.78 is 0.606. The second-order valence-electron chi connectivity index (χ2n) is 5.18. The van der Waals surface area contributed by atoms with E-state index in [1.807, 2.05) is 0 Å². The van der Waals surface area contributed by atoms with E-state index in [-0.39, 0.29) is 17.7 Å². The summed E-state index contributed by atoms with van der Waals surface area (Å²) in [5.74, 6) is 0.0127. The first kappa shape index (κ1) is 14.4. The molecule has 0 atom stereocenters. The number of hydrogen-bond donors (Lipinski definition) is 2. The molecule has 1 fully saturated rings. The van der Waals surface area contributed by atoms with Crippen molar-refractivity contribution in [3.63, 3.8) is 0 Å². The lowest BCUT2D eigenvalue weighted by Gasteiger charge is -2.21. The van der Waals surface area contributed by atoms with Crippen molar-refractivity contribution in [1.82, 2.24) is 5.32 Å². The average Bonchev–Trinajstić information content (AvgIpc) is 2.35. The van der Waals surface area contributed by atoms with Crippen LogP contribution in [0, 0.1) is 0 Å². The van der Waals surface area contributed by atoms with Crippen molar-refractivity contribution < 1.29 is 9.90 Å². The zero-order valence-corrected chi connectivity index (χ0v) is 12.6. The molecule has 3 nitrogen and oxygen atoms in total. The smallest absolute Gasteiger partial charge is 0.251 e. The number of aromatic hydroxyl groups is 1. The van der Waals surface area contributed by atoms with Crippen molar-refractivity contribution in [3.8, 4) is 5.75 Å². The first-order chi connectivity index (χ1) is 9.16. The first-order valence-electron chi connectivity index (χ1n) is 6.96. The molecule has 1 saturated carbocycles. The third-order valence-electron chi connectivity index (χ3n) is 3.65. The third kappa shape index (κ3) is 4.23. The van der Waals surface area contributed by atoms with Crippen molar-refractivity contribution in [2.45, 2.75) is 51.0 Å². The molecule has 4 heteroatoms. The molecule has 0 bridgehead atoms. The van der Waals surface area contributed by atoms with E-state index in [2.05, 4.69) is 21.2 Å². The van der Waals surface area contributed by atoms with E-state index >= 15 is 0 Å². The van der Waals surface area contributed by atoms with Crippen molar-refractivity contribution in [3.05, 3.63) is 28.2 Å². The molecule has 19 heavy (non-hydrogen) atoms. The lowest BCUT2D eigenvalue weighted by atomic mass is 9.96. The highest BCUT2D eigenvalue weighted by Gasteiger charge is 2.15. The van der Waals surface area contributed by atoms with E-state index < -0.39 is 0 Å². The van der Waals surface area contributed by atoms with E-state index in [0.29, 0.717) is 10.0 Å². The summed E-state index contributed by atoms with van der Waals surface area (Å²) in [5.41, 5.74) is 0.516. The molecule has 1 amide bonds. The quantitative estimate of drug-likeness (QED) is 0.863. The van der Waals surface area contributed by atoms with Gasteiger partial charge < -0.3 is 10.4 Å². The fourth-order valence-corrected chi connectivity index (χ4v) is 2.77. The van der Waals surface area contributed by atoms with Gasteiger partial charge in [-0.25, -0.2) is 0 Å². The van der Waals surface area contributed by atoms with Crippen LogP contribution in [-0.2, 0) is 0 Å². The van der Waals surface area contributed by atoms with E-state index in [1.54, 1.807) is 12.1 Å². The highest BCUT2D eigenvalue weighted by atomic mass is 79.9. The highest BCUT2D eigenvalue weighted by molar-refractivity contribution is 9.10. The minimum absolute atomic E-state index is 0.0895. The Balaban J connectivity index is 1.96. The van der Waals surface area contributed by atoms with Gasteiger partial charge in [0.1, 0.15) is 5.75 Å². The molecule has 0 heterocycles. The number of benzene rings is 1. The van der Waals surface area contributed by atoms with E-state index in [4.69, 9.17) is 0 Å². The molecule has 0 radical (unpaired) electrons. The summed E-state index contributed by atoms with van der Waals surface area (Å²) in [6.07, 6.45) is 8.37. The van der Waals surface area contributed by atoms with Gasteiger partial charge >= 0.3 is 0 Å². The van der Waals surface area contributed by atoms with E-state index in [9.17, 15) is 9.90 Å². The van der Waals surface area contributed by atoms with Gasteiger partial charge in [-0.05, 0) is 47.0 Å². The molecule has 0 spiro atoms. The summed E-state index contributed by atoms with van der Waals surface area (Å²) in [6.45, 7) is 0. The molecule has 1 aromatic rings. The number of rotatable bonds is 2. The van der Waals surface area contributed by atoms with Crippen LogP contribution in [0.4, 0.5) is 0 Å². The molecule has 1 aliphatic rings. The number of phenols is 1. The van der Waals surface area contributed by atoms with Crippen LogP contribution in [0.1, 0.15) is 55.3 Å². The Morgan fingerprint density at radius 3 is 2.42 bits per heavy atom. The number of halogens is 1. The van der Waals surface area contributed by atoms with Gasteiger partial charge in [0.2, 0.25) is 0 Å². The number of hydrogen-bond acceptors (Lipinski definition) is 2. The number of phenolic OH excluding ortho intramolecular Hbond substituents is 1. The van der Waals surface area contributed by atoms with Crippen LogP contribution in [0.5, 0.6) is 5.75 Å². The maximum Gasteiger partial charge on any atom is 0.251 e. The van der Waals surface area contributed by atoms with Crippen LogP contribution in [0.2, 0.25) is 0 Å². The van der Waals surface area contributed by atoms with E-state index in [1.165, 1.54) is 38.2 Å². The Hall–Kier alpha value is -1.03. The fraction of sp³-hybridized carbons (Fsp3) is 0.533. The largest absolute Gasteiger partial charge is 0.507 e. The zero-order valence-electron chi connectivity index (χ0n) is 11.0. The summed E-state index contributed by atoms with van der Waals surface area (Å²) >= 11 is 3.21. The number of carbonyl (C=O) groups is 1. The second-order valence-corrected chi connectivity index (χ2v) is 6.04. The Morgan fingerprint density at radius 2 is 1.79 bits per heavy atom. The van der Waals surface area contributed by atoms with Crippen molar-refractivity contribution in [1.29, 1.82) is 0 Å². The van der Waals surface area contributed by atoms with Crippen LogP contribution in [0.15, 0.2) is 22.7 Å². The Labute approximate surface area is 122 Å². The average molecular weight is 326 g/mol. The molecule has 0 unspecified atom stereocenters. The predicted molar refractivity (Wildman–Crippen MR) is 79.4 cm³/mol. The SMILES string of the molecule is O=C(NC1CCCCCCC1)c1ccc(Br)c(O)c1. The van der Waals surface area contributed by atoms with Gasteiger partial charge in [-0.15, -0.1) is 0 Å². The Morgan fingerprint density at radius 1 is 1.16 bits per heavy atom. The minimum atomic E-state index is -0.0895. The molecule has 104 valence electrons. The first-order valence-corrected chi connectivity index (χ1v) is 7.75. The topological polar surface area (TPSA) is 49.3 Å². The van der Waals surface area contributed by atoms with Gasteiger partial charge in [-0.3, -0.25) is 4.79 Å². The summed E-state index contributed by atoms with van der Waals surface area (Å²) in [4.78, 5) is 12.1. The number of carbonyl (C=O) groups excluding carboxylic acids is 1. The van der Waals surface area contributed by atoms with Gasteiger partial charge in [-0.1, -0.05) is 32.1 Å². The highest BCUT2D eigenvalue weighted by Crippen LogP contribution is 2.24. The standard InChI is InChI=1S/C15H20BrNO2/c16-13-9-8-11(10-14(13)18)15(19)17-12-6-4-2-1-3-5-7-12/h8-10,12,18H,1-7H2,(H,17,19). The van der Waals surface area contributed by atoms with Crippen LogP contribution in [-0.4, -0.2) is 17.1 Å². The number of amides is 1. The minimum Gasteiger partial charge on any atom is -0.507 e.